The van der Waals surface area contributed by atoms with Crippen LogP contribution in [0.15, 0.2) is 46.9 Å². The van der Waals surface area contributed by atoms with Crippen molar-refractivity contribution in [3.63, 3.8) is 0 Å². The largest absolute Gasteiger partial charge is 0.490 e. The molecule has 0 atom stereocenters. The second kappa shape index (κ2) is 7.26. The highest BCUT2D eigenvalue weighted by Gasteiger charge is 2.02. The highest BCUT2D eigenvalue weighted by Crippen LogP contribution is 2.21. The summed E-state index contributed by atoms with van der Waals surface area (Å²) in [6.45, 7) is 1.12. The number of rotatable bonds is 6. The average Bonchev–Trinajstić information content (AvgIpc) is 2.43. The maximum atomic E-state index is 13.1. The molecule has 2 aromatic rings. The summed E-state index contributed by atoms with van der Waals surface area (Å²) in [5.74, 6) is 0.871. The fourth-order valence-electron chi connectivity index (χ4n) is 1.74. The van der Waals surface area contributed by atoms with Crippen molar-refractivity contribution >= 4 is 15.9 Å². The van der Waals surface area contributed by atoms with Gasteiger partial charge in [0, 0.05) is 22.6 Å². The number of para-hydroxylation sites is 1. The molecule has 0 heterocycles. The molecule has 0 spiro atoms. The molecule has 2 N–H and O–H groups in total. The van der Waals surface area contributed by atoms with Gasteiger partial charge in [-0.2, -0.15) is 0 Å². The van der Waals surface area contributed by atoms with Crippen LogP contribution in [0.4, 0.5) is 4.39 Å². The van der Waals surface area contributed by atoms with Crippen LogP contribution in [0.3, 0.4) is 0 Å². The monoisotopic (exact) mass is 339 g/mol. The fraction of sp³-hybridized carbons (Fsp3) is 0.200. The Morgan fingerprint density at radius 1 is 1.05 bits per heavy atom. The molecule has 0 saturated heterocycles. The van der Waals surface area contributed by atoms with E-state index in [1.165, 1.54) is 12.1 Å². The molecule has 5 heteroatoms. The first-order valence-electron chi connectivity index (χ1n) is 6.18. The quantitative estimate of drug-likeness (QED) is 0.819. The van der Waals surface area contributed by atoms with Crippen LogP contribution in [0.1, 0.15) is 5.56 Å². The number of halogens is 2. The molecule has 0 bridgehead atoms. The molecule has 0 saturated carbocycles. The van der Waals surface area contributed by atoms with Gasteiger partial charge in [-0.1, -0.05) is 34.1 Å². The number of ether oxygens (including phenoxy) is 2. The molecular weight excluding hydrogens is 325 g/mol. The van der Waals surface area contributed by atoms with E-state index in [0.717, 1.165) is 11.3 Å². The molecule has 0 amide bonds. The first-order valence-corrected chi connectivity index (χ1v) is 6.98. The average molecular weight is 340 g/mol. The Bertz CT molecular complexity index is 557. The third-order valence-electron chi connectivity index (χ3n) is 2.64. The summed E-state index contributed by atoms with van der Waals surface area (Å²) in [5, 5.41) is 0. The minimum Gasteiger partial charge on any atom is -0.490 e. The van der Waals surface area contributed by atoms with Crippen molar-refractivity contribution in [2.45, 2.75) is 6.54 Å². The Hall–Kier alpha value is -1.59. The van der Waals surface area contributed by atoms with Crippen molar-refractivity contribution in [2.75, 3.05) is 13.2 Å². The van der Waals surface area contributed by atoms with Gasteiger partial charge in [-0.25, -0.2) is 4.39 Å². The molecule has 0 aliphatic rings. The molecular formula is C15H15BrFNO2. The lowest BCUT2D eigenvalue weighted by atomic mass is 10.2. The maximum absolute atomic E-state index is 13.1. The van der Waals surface area contributed by atoms with Crippen molar-refractivity contribution in [1.29, 1.82) is 0 Å². The van der Waals surface area contributed by atoms with Crippen molar-refractivity contribution < 1.29 is 13.9 Å². The van der Waals surface area contributed by atoms with Crippen LogP contribution < -0.4 is 15.2 Å². The molecule has 2 aromatic carbocycles. The molecule has 3 nitrogen and oxygen atoms in total. The first kappa shape index (κ1) is 14.8. The van der Waals surface area contributed by atoms with E-state index in [9.17, 15) is 4.39 Å². The Kier molecular flexibility index (Phi) is 5.38. The van der Waals surface area contributed by atoms with Crippen molar-refractivity contribution in [3.8, 4) is 11.5 Å². The van der Waals surface area contributed by atoms with Crippen LogP contribution >= 0.6 is 15.9 Å². The molecule has 20 heavy (non-hydrogen) atoms. The molecule has 106 valence electrons. The number of hydrogen-bond acceptors (Lipinski definition) is 3. The molecule has 2 rings (SSSR count). The van der Waals surface area contributed by atoms with E-state index >= 15 is 0 Å². The van der Waals surface area contributed by atoms with Gasteiger partial charge in [0.25, 0.3) is 0 Å². The minimum atomic E-state index is -0.344. The summed E-state index contributed by atoms with van der Waals surface area (Å²) in [7, 11) is 0. The second-order valence-corrected chi connectivity index (χ2v) is 5.03. The van der Waals surface area contributed by atoms with Crippen molar-refractivity contribution in [1.82, 2.24) is 0 Å². The summed E-state index contributed by atoms with van der Waals surface area (Å²) in [6, 6.07) is 12.0. The lowest BCUT2D eigenvalue weighted by molar-refractivity contribution is 0.215. The van der Waals surface area contributed by atoms with Crippen LogP contribution in [0.5, 0.6) is 11.5 Å². The smallest absolute Gasteiger partial charge is 0.128 e. The van der Waals surface area contributed by atoms with E-state index in [-0.39, 0.29) is 5.82 Å². The summed E-state index contributed by atoms with van der Waals surface area (Å²) < 4.78 is 24.8. The van der Waals surface area contributed by atoms with Crippen LogP contribution in [0, 0.1) is 5.82 Å². The summed E-state index contributed by atoms with van der Waals surface area (Å²) in [6.07, 6.45) is 0. The molecule has 0 aromatic heterocycles. The van der Waals surface area contributed by atoms with Gasteiger partial charge in [0.15, 0.2) is 0 Å². The summed E-state index contributed by atoms with van der Waals surface area (Å²) >= 11 is 3.21. The SMILES string of the molecule is NCc1ccccc1OCCOc1cc(F)cc(Br)c1. The lowest BCUT2D eigenvalue weighted by Gasteiger charge is -2.11. The fourth-order valence-corrected chi connectivity index (χ4v) is 2.18. The third kappa shape index (κ3) is 4.21. The highest BCUT2D eigenvalue weighted by molar-refractivity contribution is 9.10. The predicted octanol–water partition coefficient (Wildman–Crippen LogP) is 3.50. The zero-order chi connectivity index (χ0) is 14.4. The van der Waals surface area contributed by atoms with Gasteiger partial charge in [-0.05, 0) is 18.2 Å². The molecule has 0 fully saturated rings. The number of hydrogen-bond donors (Lipinski definition) is 1. The van der Waals surface area contributed by atoms with Crippen LogP contribution in [-0.2, 0) is 6.54 Å². The second-order valence-electron chi connectivity index (χ2n) is 4.11. The normalized spacial score (nSPS) is 10.3. The van der Waals surface area contributed by atoms with Gasteiger partial charge < -0.3 is 15.2 Å². The Morgan fingerprint density at radius 2 is 1.80 bits per heavy atom. The molecule has 0 aliphatic carbocycles. The standard InChI is InChI=1S/C15H15BrFNO2/c16-12-7-13(17)9-14(8-12)19-5-6-20-15-4-2-1-3-11(15)10-18/h1-4,7-9H,5-6,10,18H2. The molecule has 0 radical (unpaired) electrons. The zero-order valence-electron chi connectivity index (χ0n) is 10.8. The van der Waals surface area contributed by atoms with Crippen LogP contribution in [-0.4, -0.2) is 13.2 Å². The number of nitrogens with two attached hydrogens (primary N) is 1. The van der Waals surface area contributed by atoms with Gasteiger partial charge in [-0.15, -0.1) is 0 Å². The number of benzene rings is 2. The minimum absolute atomic E-state index is 0.328. The van der Waals surface area contributed by atoms with Crippen LogP contribution in [0.25, 0.3) is 0 Å². The van der Waals surface area contributed by atoms with Gasteiger partial charge in [0.05, 0.1) is 0 Å². The van der Waals surface area contributed by atoms with E-state index in [1.54, 1.807) is 6.07 Å². The topological polar surface area (TPSA) is 44.5 Å². The van der Waals surface area contributed by atoms with Gasteiger partial charge in [0.1, 0.15) is 30.5 Å². The van der Waals surface area contributed by atoms with Crippen molar-refractivity contribution in [2.24, 2.45) is 5.73 Å². The Morgan fingerprint density at radius 3 is 2.55 bits per heavy atom. The van der Waals surface area contributed by atoms with E-state index in [0.29, 0.717) is 30.0 Å². The van der Waals surface area contributed by atoms with Gasteiger partial charge in [-0.3, -0.25) is 0 Å². The Labute approximate surface area is 125 Å². The summed E-state index contributed by atoms with van der Waals surface area (Å²) in [4.78, 5) is 0. The van der Waals surface area contributed by atoms with E-state index in [2.05, 4.69) is 15.9 Å². The third-order valence-corrected chi connectivity index (χ3v) is 3.10. The van der Waals surface area contributed by atoms with Crippen molar-refractivity contribution in [3.05, 3.63) is 58.3 Å². The van der Waals surface area contributed by atoms with Crippen LogP contribution in [0.2, 0.25) is 0 Å². The summed E-state index contributed by atoms with van der Waals surface area (Å²) in [5.41, 5.74) is 6.57. The zero-order valence-corrected chi connectivity index (χ0v) is 12.4. The Balaban J connectivity index is 1.84. The maximum Gasteiger partial charge on any atom is 0.128 e. The highest BCUT2D eigenvalue weighted by atomic mass is 79.9. The van der Waals surface area contributed by atoms with E-state index in [4.69, 9.17) is 15.2 Å². The van der Waals surface area contributed by atoms with Gasteiger partial charge in [0.2, 0.25) is 0 Å². The predicted molar refractivity (Wildman–Crippen MR) is 79.4 cm³/mol. The lowest BCUT2D eigenvalue weighted by Crippen LogP contribution is -2.11. The first-order chi connectivity index (χ1) is 9.69. The molecule has 0 aliphatic heterocycles. The van der Waals surface area contributed by atoms with Gasteiger partial charge >= 0.3 is 0 Å². The molecule has 0 unspecified atom stereocenters. The van der Waals surface area contributed by atoms with E-state index in [1.807, 2.05) is 24.3 Å². The van der Waals surface area contributed by atoms with E-state index < -0.39 is 0 Å².